The van der Waals surface area contributed by atoms with E-state index in [-0.39, 0.29) is 24.0 Å². The predicted molar refractivity (Wildman–Crippen MR) is 240 cm³/mol. The predicted octanol–water partition coefficient (Wildman–Crippen LogP) is 14.6. The molecule has 0 radical (unpaired) electrons. The number of carbonyl (C=O) groups is 2. The van der Waals surface area contributed by atoms with Crippen molar-refractivity contribution in [2.45, 2.75) is 56.0 Å². The maximum Gasteiger partial charge on any atom is 0.416 e. The lowest BCUT2D eigenvalue weighted by Gasteiger charge is -2.46. The monoisotopic (exact) mass is 1190 g/mol. The summed E-state index contributed by atoms with van der Waals surface area (Å²) >= 11 is 5.72. The van der Waals surface area contributed by atoms with Crippen LogP contribution in [-0.2, 0) is 56.0 Å². The van der Waals surface area contributed by atoms with Gasteiger partial charge in [-0.15, -0.1) is 11.6 Å². The maximum absolute atomic E-state index is 14.2. The molecule has 0 aliphatic rings. The van der Waals surface area contributed by atoms with Crippen LogP contribution in [0, 0.1) is 0 Å². The molecule has 0 aliphatic heterocycles. The van der Waals surface area contributed by atoms with E-state index in [0.717, 1.165) is 10.9 Å². The van der Waals surface area contributed by atoms with E-state index >= 15 is 0 Å². The Hall–Kier alpha value is -7.26. The zero-order valence-corrected chi connectivity index (χ0v) is 39.7. The molecule has 7 rings (SSSR count). The Kier molecular flexibility index (Phi) is 16.8. The van der Waals surface area contributed by atoms with Crippen LogP contribution in [0.4, 0.5) is 105 Å². The standard InChI is InChI=1S/C32H12BF24.C19H15ClNO2/c34-25(35,36)13-1-14(26(37,38)39)6-21(5-13)33(22-7-15(27(40,41)42)2-16(8-22)28(43,44)45,23-9-17(29(46,47)48)3-18(10-23)30(49,50)51)24-11-19(31(52,53)54)4-20(12-24)32(55,56)57;20-12-18(22)17-11-10-14-6-4-5-9-16(14)21(17)13-19(23)15-7-2-1-3-8-15/h1-12H;1-11H,12-13H2/q-1;+1. The van der Waals surface area contributed by atoms with E-state index in [0.29, 0.717) is 11.3 Å². The molecular weight excluding hydrogens is 1160 g/mol. The number of alkyl halides is 25. The average molecular weight is 1190 g/mol. The van der Waals surface area contributed by atoms with Gasteiger partial charge in [0.15, 0.2) is 0 Å². The van der Waals surface area contributed by atoms with Crippen LogP contribution in [0.5, 0.6) is 0 Å². The third kappa shape index (κ3) is 13.7. The van der Waals surface area contributed by atoms with Crippen LogP contribution in [-0.4, -0.2) is 23.6 Å². The molecule has 7 aromatic rings. The second-order valence-corrected chi connectivity index (χ2v) is 17.7. The molecule has 0 fully saturated rings. The van der Waals surface area contributed by atoms with Gasteiger partial charge in [-0.2, -0.15) is 132 Å². The van der Waals surface area contributed by atoms with E-state index in [1.165, 1.54) is 0 Å². The molecule has 1 heterocycles. The van der Waals surface area contributed by atoms with Gasteiger partial charge in [-0.3, -0.25) is 9.59 Å². The first-order valence-electron chi connectivity index (χ1n) is 21.9. The largest absolute Gasteiger partial charge is 0.416 e. The number of nitrogens with zero attached hydrogens (tertiary/aromatic N) is 1. The Balaban J connectivity index is 0.000000370. The summed E-state index contributed by atoms with van der Waals surface area (Å²) in [5, 5.41) is 0.972. The molecule has 0 bridgehead atoms. The zero-order valence-electron chi connectivity index (χ0n) is 39.0. The molecular formula is C51H27BClF24NO2. The second kappa shape index (κ2) is 21.7. The van der Waals surface area contributed by atoms with Crippen LogP contribution in [0.2, 0.25) is 0 Å². The smallest absolute Gasteiger partial charge is 0.287 e. The number of hydrogen-bond acceptors (Lipinski definition) is 2. The Morgan fingerprint density at radius 2 is 0.625 bits per heavy atom. The number of benzene rings is 6. The molecule has 0 amide bonds. The SMILES string of the molecule is FC(F)(F)c1cc([B-](c2cc(C(F)(F)F)cc(C(F)(F)F)c2)(c2cc(C(F)(F)F)cc(C(F)(F)F)c2)c2cc(C(F)(F)F)cc(C(F)(F)F)c2)cc(C(F)(F)F)c1.O=C(C[n+]1c(C(=O)CCl)ccc2ccccc21)c1ccccc1. The third-order valence-corrected chi connectivity index (χ3v) is 12.4. The minimum atomic E-state index is -6.13. The summed E-state index contributed by atoms with van der Waals surface area (Å²) in [4.78, 5) is 24.7. The molecule has 0 saturated carbocycles. The van der Waals surface area contributed by atoms with Crippen molar-refractivity contribution in [2.24, 2.45) is 0 Å². The van der Waals surface area contributed by atoms with E-state index in [1.807, 2.05) is 48.5 Å². The van der Waals surface area contributed by atoms with Gasteiger partial charge in [0, 0.05) is 23.1 Å². The summed E-state index contributed by atoms with van der Waals surface area (Å²) in [6.07, 6.45) is -54.8. The van der Waals surface area contributed by atoms with Crippen molar-refractivity contribution in [2.75, 3.05) is 5.88 Å². The average Bonchev–Trinajstić information content (AvgIpc) is 3.35. The number of Topliss-reactive ketones (excluding diaryl/α,β-unsaturated/α-hetero) is 2. The first-order valence-corrected chi connectivity index (χ1v) is 22.4. The second-order valence-electron chi connectivity index (χ2n) is 17.4. The van der Waals surface area contributed by atoms with Crippen LogP contribution in [0.1, 0.15) is 65.4 Å². The molecule has 3 nitrogen and oxygen atoms in total. The van der Waals surface area contributed by atoms with Crippen molar-refractivity contribution in [3.63, 3.8) is 0 Å². The molecule has 80 heavy (non-hydrogen) atoms. The number of halogens is 25. The minimum absolute atomic E-state index is 0.0458. The highest BCUT2D eigenvalue weighted by atomic mass is 35.5. The van der Waals surface area contributed by atoms with E-state index in [2.05, 4.69) is 0 Å². The minimum Gasteiger partial charge on any atom is -0.287 e. The molecule has 0 unspecified atom stereocenters. The van der Waals surface area contributed by atoms with Crippen molar-refractivity contribution in [3.8, 4) is 0 Å². The Labute approximate surface area is 437 Å². The number of pyridine rings is 1. The Bertz CT molecular complexity index is 3010. The molecule has 1 aromatic heterocycles. The van der Waals surface area contributed by atoms with Crippen LogP contribution < -0.4 is 26.4 Å². The number of ketones is 2. The van der Waals surface area contributed by atoms with E-state index in [9.17, 15) is 115 Å². The van der Waals surface area contributed by atoms with Gasteiger partial charge >= 0.3 is 49.4 Å². The van der Waals surface area contributed by atoms with Crippen molar-refractivity contribution < 1.29 is 120 Å². The quantitative estimate of drug-likeness (QED) is 0.0475. The summed E-state index contributed by atoms with van der Waals surface area (Å²) < 4.78 is 343. The van der Waals surface area contributed by atoms with Crippen LogP contribution >= 0.6 is 11.6 Å². The fraction of sp³-hybridized carbons (Fsp3) is 0.196. The molecule has 0 atom stereocenters. The Morgan fingerprint density at radius 3 is 0.900 bits per heavy atom. The lowest BCUT2D eigenvalue weighted by atomic mass is 9.12. The molecule has 6 aromatic carbocycles. The Morgan fingerprint density at radius 1 is 0.350 bits per heavy atom. The van der Waals surface area contributed by atoms with Gasteiger partial charge in [0.25, 0.3) is 5.69 Å². The first kappa shape index (κ1) is 61.9. The molecule has 426 valence electrons. The summed E-state index contributed by atoms with van der Waals surface area (Å²) in [7, 11) is 0. The zero-order chi connectivity index (χ0) is 60.1. The highest BCUT2D eigenvalue weighted by molar-refractivity contribution is 7.20. The maximum atomic E-state index is 14.2. The van der Waals surface area contributed by atoms with Gasteiger partial charge in [0.1, 0.15) is 6.15 Å². The van der Waals surface area contributed by atoms with Crippen LogP contribution in [0.3, 0.4) is 0 Å². The van der Waals surface area contributed by atoms with Crippen molar-refractivity contribution >= 4 is 62.1 Å². The van der Waals surface area contributed by atoms with Crippen LogP contribution in [0.25, 0.3) is 10.9 Å². The summed E-state index contributed by atoms with van der Waals surface area (Å²) in [5.74, 6) is -0.355. The molecule has 0 N–H and O–H groups in total. The number of carbonyl (C=O) groups excluding carboxylic acids is 2. The van der Waals surface area contributed by atoms with E-state index < -0.39 is 195 Å². The van der Waals surface area contributed by atoms with Gasteiger partial charge in [-0.1, -0.05) is 91.0 Å². The highest BCUT2D eigenvalue weighted by Crippen LogP contribution is 2.41. The topological polar surface area (TPSA) is 38.0 Å². The van der Waals surface area contributed by atoms with E-state index in [4.69, 9.17) is 11.6 Å². The number of para-hydroxylation sites is 1. The molecule has 0 aliphatic carbocycles. The number of hydrogen-bond donors (Lipinski definition) is 0. The first-order chi connectivity index (χ1) is 36.5. The van der Waals surface area contributed by atoms with Crippen molar-refractivity contribution in [1.29, 1.82) is 0 Å². The fourth-order valence-electron chi connectivity index (χ4n) is 8.67. The van der Waals surface area contributed by atoms with Gasteiger partial charge < -0.3 is 0 Å². The number of rotatable bonds is 9. The number of aromatic nitrogens is 1. The molecule has 0 spiro atoms. The molecule has 29 heteroatoms. The van der Waals surface area contributed by atoms with Gasteiger partial charge in [0.05, 0.1) is 50.4 Å². The fourth-order valence-corrected chi connectivity index (χ4v) is 8.81. The van der Waals surface area contributed by atoms with E-state index in [1.54, 1.807) is 22.8 Å². The summed E-state index contributed by atoms with van der Waals surface area (Å²) in [6.45, 7) is 0.101. The summed E-state index contributed by atoms with van der Waals surface area (Å²) in [5.41, 5.74) is -28.3. The van der Waals surface area contributed by atoms with Gasteiger partial charge in [0.2, 0.25) is 23.6 Å². The number of fused-ring (bicyclic) bond motifs is 1. The lowest BCUT2D eigenvalue weighted by Crippen LogP contribution is -2.75. The normalized spacial score (nSPS) is 13.3. The van der Waals surface area contributed by atoms with Crippen molar-refractivity contribution in [3.05, 3.63) is 195 Å². The third-order valence-electron chi connectivity index (χ3n) is 12.2. The van der Waals surface area contributed by atoms with Crippen molar-refractivity contribution in [1.82, 2.24) is 0 Å². The summed E-state index contributed by atoms with van der Waals surface area (Å²) in [6, 6.07) is 11.5. The highest BCUT2D eigenvalue weighted by Gasteiger charge is 2.47. The lowest BCUT2D eigenvalue weighted by molar-refractivity contribution is -0.659. The van der Waals surface area contributed by atoms with Gasteiger partial charge in [-0.05, 0) is 36.4 Å². The van der Waals surface area contributed by atoms with Gasteiger partial charge in [-0.25, -0.2) is 0 Å². The molecule has 0 saturated heterocycles. The van der Waals surface area contributed by atoms with Crippen LogP contribution in [0.15, 0.2) is 140 Å².